The zero-order valence-electron chi connectivity index (χ0n) is 11.0. The first-order valence-corrected chi connectivity index (χ1v) is 6.80. The van der Waals surface area contributed by atoms with Crippen molar-refractivity contribution in [2.24, 2.45) is 5.92 Å². The quantitative estimate of drug-likeness (QED) is 0.806. The fraction of sp³-hybridized carbons (Fsp3) is 0.600. The molecule has 17 heavy (non-hydrogen) atoms. The number of benzene rings is 1. The molecule has 2 atom stereocenters. The first-order valence-electron chi connectivity index (χ1n) is 6.80. The van der Waals surface area contributed by atoms with E-state index in [2.05, 4.69) is 36.9 Å². The normalized spacial score (nSPS) is 22.8. The predicted molar refractivity (Wildman–Crippen MR) is 73.9 cm³/mol. The van der Waals surface area contributed by atoms with Crippen molar-refractivity contribution in [3.63, 3.8) is 0 Å². The minimum absolute atomic E-state index is 0.500. The van der Waals surface area contributed by atoms with Gasteiger partial charge in [0, 0.05) is 18.3 Å². The second-order valence-electron chi connectivity index (χ2n) is 5.28. The van der Waals surface area contributed by atoms with E-state index in [0.717, 1.165) is 11.6 Å². The van der Waals surface area contributed by atoms with Gasteiger partial charge in [-0.25, -0.2) is 0 Å². The Hall–Kier alpha value is -1.02. The van der Waals surface area contributed by atoms with E-state index >= 15 is 0 Å². The number of anilines is 1. The van der Waals surface area contributed by atoms with Gasteiger partial charge in [0.15, 0.2) is 0 Å². The Morgan fingerprint density at radius 2 is 2.29 bits per heavy atom. The van der Waals surface area contributed by atoms with Gasteiger partial charge in [-0.3, -0.25) is 4.90 Å². The molecule has 94 valence electrons. The monoisotopic (exact) mass is 232 g/mol. The van der Waals surface area contributed by atoms with Crippen LogP contribution in [-0.2, 0) is 0 Å². The van der Waals surface area contributed by atoms with Gasteiger partial charge < -0.3 is 5.73 Å². The summed E-state index contributed by atoms with van der Waals surface area (Å²) in [5.41, 5.74) is 8.07. The Balaban J connectivity index is 1.99. The lowest BCUT2D eigenvalue weighted by Crippen LogP contribution is -2.24. The molecule has 1 heterocycles. The molecule has 1 aromatic rings. The Bertz CT molecular complexity index is 362. The molecule has 0 bridgehead atoms. The van der Waals surface area contributed by atoms with E-state index in [4.69, 9.17) is 5.73 Å². The number of hydrogen-bond acceptors (Lipinski definition) is 2. The van der Waals surface area contributed by atoms with Crippen LogP contribution >= 0.6 is 0 Å². The summed E-state index contributed by atoms with van der Waals surface area (Å²) in [4.78, 5) is 2.59. The van der Waals surface area contributed by atoms with E-state index in [-0.39, 0.29) is 0 Å². The van der Waals surface area contributed by atoms with Crippen molar-refractivity contribution in [3.8, 4) is 0 Å². The van der Waals surface area contributed by atoms with E-state index < -0.39 is 0 Å². The van der Waals surface area contributed by atoms with Crippen molar-refractivity contribution in [2.45, 2.75) is 39.2 Å². The summed E-state index contributed by atoms with van der Waals surface area (Å²) in [5, 5.41) is 0. The van der Waals surface area contributed by atoms with Crippen molar-refractivity contribution in [3.05, 3.63) is 29.8 Å². The van der Waals surface area contributed by atoms with Gasteiger partial charge in [-0.05, 0) is 49.9 Å². The van der Waals surface area contributed by atoms with E-state index in [1.807, 2.05) is 6.07 Å². The first kappa shape index (κ1) is 12.4. The second-order valence-corrected chi connectivity index (χ2v) is 5.28. The van der Waals surface area contributed by atoms with Crippen molar-refractivity contribution in [1.82, 2.24) is 4.90 Å². The number of nitrogens with zero attached hydrogens (tertiary/aromatic N) is 1. The molecule has 0 saturated carbocycles. The largest absolute Gasteiger partial charge is 0.399 e. The first-order chi connectivity index (χ1) is 8.20. The molecule has 2 heteroatoms. The molecule has 0 amide bonds. The molecular weight excluding hydrogens is 208 g/mol. The van der Waals surface area contributed by atoms with E-state index in [1.165, 1.54) is 37.9 Å². The Labute approximate surface area is 105 Å². The molecule has 0 aliphatic carbocycles. The minimum atomic E-state index is 0.500. The predicted octanol–water partition coefficient (Wildman–Crippen LogP) is 3.45. The van der Waals surface area contributed by atoms with Crippen LogP contribution in [0.4, 0.5) is 5.69 Å². The highest BCUT2D eigenvalue weighted by Crippen LogP contribution is 2.29. The highest BCUT2D eigenvalue weighted by molar-refractivity contribution is 5.41. The zero-order chi connectivity index (χ0) is 12.3. The zero-order valence-corrected chi connectivity index (χ0v) is 11.0. The summed E-state index contributed by atoms with van der Waals surface area (Å²) in [5.74, 6) is 0.906. The van der Waals surface area contributed by atoms with Crippen LogP contribution in [0.3, 0.4) is 0 Å². The van der Waals surface area contributed by atoms with Gasteiger partial charge in [0.1, 0.15) is 0 Å². The van der Waals surface area contributed by atoms with Gasteiger partial charge in [-0.1, -0.05) is 25.5 Å². The topological polar surface area (TPSA) is 29.3 Å². The lowest BCUT2D eigenvalue weighted by molar-refractivity contribution is 0.250. The van der Waals surface area contributed by atoms with Gasteiger partial charge in [-0.15, -0.1) is 0 Å². The number of rotatable bonds is 4. The smallest absolute Gasteiger partial charge is 0.0320 e. The maximum absolute atomic E-state index is 5.85. The summed E-state index contributed by atoms with van der Waals surface area (Å²) in [7, 11) is 0. The summed E-state index contributed by atoms with van der Waals surface area (Å²) < 4.78 is 0. The van der Waals surface area contributed by atoms with Crippen LogP contribution < -0.4 is 5.73 Å². The summed E-state index contributed by atoms with van der Waals surface area (Å²) >= 11 is 0. The van der Waals surface area contributed by atoms with Crippen molar-refractivity contribution in [1.29, 1.82) is 0 Å². The lowest BCUT2D eigenvalue weighted by atomic mass is 10.0. The van der Waals surface area contributed by atoms with Crippen LogP contribution in [0.1, 0.15) is 44.7 Å². The molecule has 1 aliphatic rings. The Kier molecular flexibility index (Phi) is 4.06. The summed E-state index contributed by atoms with van der Waals surface area (Å²) in [6.45, 7) is 7.07. The molecule has 2 nitrogen and oxygen atoms in total. The van der Waals surface area contributed by atoms with Gasteiger partial charge in [-0.2, -0.15) is 0 Å². The molecule has 1 aliphatic heterocycles. The number of likely N-dealkylation sites (tertiary alicyclic amines) is 1. The van der Waals surface area contributed by atoms with Crippen LogP contribution in [0.15, 0.2) is 24.3 Å². The third-order valence-corrected chi connectivity index (χ3v) is 3.96. The maximum atomic E-state index is 5.85. The molecule has 2 rings (SSSR count). The molecule has 1 saturated heterocycles. The van der Waals surface area contributed by atoms with Crippen LogP contribution in [0.25, 0.3) is 0 Å². The maximum Gasteiger partial charge on any atom is 0.0320 e. The Morgan fingerprint density at radius 1 is 1.47 bits per heavy atom. The van der Waals surface area contributed by atoms with Gasteiger partial charge in [0.05, 0.1) is 0 Å². The van der Waals surface area contributed by atoms with Crippen LogP contribution in [0.2, 0.25) is 0 Å². The third kappa shape index (κ3) is 3.01. The average Bonchev–Trinajstić information content (AvgIpc) is 2.77. The van der Waals surface area contributed by atoms with Crippen molar-refractivity contribution in [2.75, 3.05) is 18.8 Å². The molecule has 1 aromatic carbocycles. The van der Waals surface area contributed by atoms with Gasteiger partial charge >= 0.3 is 0 Å². The molecule has 1 fully saturated rings. The Morgan fingerprint density at radius 3 is 3.00 bits per heavy atom. The molecule has 2 N–H and O–H groups in total. The standard InChI is InChI=1S/C15H24N2/c1-3-5-13-8-9-17(11-13)12(2)14-6-4-7-15(16)10-14/h4,6-7,10,12-13H,3,5,8-9,11,16H2,1-2H3. The van der Waals surface area contributed by atoms with Crippen molar-refractivity contribution >= 4 is 5.69 Å². The van der Waals surface area contributed by atoms with E-state index in [0.29, 0.717) is 6.04 Å². The highest BCUT2D eigenvalue weighted by Gasteiger charge is 2.25. The molecular formula is C15H24N2. The summed E-state index contributed by atoms with van der Waals surface area (Å²) in [6, 6.07) is 8.81. The third-order valence-electron chi connectivity index (χ3n) is 3.96. The van der Waals surface area contributed by atoms with Gasteiger partial charge in [0.25, 0.3) is 0 Å². The number of nitrogens with two attached hydrogens (primary N) is 1. The number of nitrogen functional groups attached to an aromatic ring is 1. The SMILES string of the molecule is CCCC1CCN(C(C)c2cccc(N)c2)C1. The number of hydrogen-bond donors (Lipinski definition) is 1. The molecule has 0 radical (unpaired) electrons. The molecule has 2 unspecified atom stereocenters. The highest BCUT2D eigenvalue weighted by atomic mass is 15.2. The fourth-order valence-corrected chi connectivity index (χ4v) is 2.89. The lowest BCUT2D eigenvalue weighted by Gasteiger charge is -2.25. The van der Waals surface area contributed by atoms with Crippen molar-refractivity contribution < 1.29 is 0 Å². The van der Waals surface area contributed by atoms with Crippen LogP contribution in [0.5, 0.6) is 0 Å². The van der Waals surface area contributed by atoms with E-state index in [9.17, 15) is 0 Å². The van der Waals surface area contributed by atoms with Gasteiger partial charge in [0.2, 0.25) is 0 Å². The second kappa shape index (κ2) is 5.54. The summed E-state index contributed by atoms with van der Waals surface area (Å²) in [6.07, 6.45) is 4.05. The molecule has 0 spiro atoms. The average molecular weight is 232 g/mol. The fourth-order valence-electron chi connectivity index (χ4n) is 2.89. The minimum Gasteiger partial charge on any atom is -0.399 e. The van der Waals surface area contributed by atoms with Crippen LogP contribution in [-0.4, -0.2) is 18.0 Å². The van der Waals surface area contributed by atoms with Crippen LogP contribution in [0, 0.1) is 5.92 Å². The van der Waals surface area contributed by atoms with E-state index in [1.54, 1.807) is 0 Å². The molecule has 0 aromatic heterocycles.